The number of amides is 2. The number of benzene rings is 1. The molecule has 1 saturated heterocycles. The van der Waals surface area contributed by atoms with E-state index in [1.165, 1.54) is 6.42 Å². The van der Waals surface area contributed by atoms with Crippen molar-refractivity contribution in [2.45, 2.75) is 32.6 Å². The quantitative estimate of drug-likeness (QED) is 0.784. The second kappa shape index (κ2) is 10.0. The Morgan fingerprint density at radius 3 is 2.56 bits per heavy atom. The van der Waals surface area contributed by atoms with E-state index >= 15 is 0 Å². The highest BCUT2D eigenvalue weighted by Gasteiger charge is 2.20. The number of nitrogens with zero attached hydrogens (tertiary/aromatic N) is 2. The highest BCUT2D eigenvalue weighted by molar-refractivity contribution is 5.94. The van der Waals surface area contributed by atoms with Gasteiger partial charge in [-0.25, -0.2) is 0 Å². The molecule has 1 aromatic rings. The predicted octanol–water partition coefficient (Wildman–Crippen LogP) is 2.36. The fraction of sp³-hybridized carbons (Fsp3) is 0.579. The Morgan fingerprint density at radius 1 is 1.16 bits per heavy atom. The zero-order valence-corrected chi connectivity index (χ0v) is 15.3. The fourth-order valence-corrected chi connectivity index (χ4v) is 3.11. The molecule has 1 aliphatic rings. The van der Waals surface area contributed by atoms with E-state index < -0.39 is 0 Å². The van der Waals surface area contributed by atoms with Crippen molar-refractivity contribution in [2.24, 2.45) is 0 Å². The van der Waals surface area contributed by atoms with E-state index in [9.17, 15) is 9.59 Å². The maximum absolute atomic E-state index is 12.5. The molecule has 0 radical (unpaired) electrons. The van der Waals surface area contributed by atoms with Crippen molar-refractivity contribution in [1.29, 1.82) is 0 Å². The van der Waals surface area contributed by atoms with Gasteiger partial charge >= 0.3 is 0 Å². The normalized spacial score (nSPS) is 14.4. The van der Waals surface area contributed by atoms with Gasteiger partial charge in [-0.1, -0.05) is 19.1 Å². The van der Waals surface area contributed by atoms with Gasteiger partial charge in [-0.05, 0) is 44.4 Å². The minimum atomic E-state index is -0.135. The number of hydrogen-bond acceptors (Lipinski definition) is 4. The molecule has 0 unspecified atom stereocenters. The lowest BCUT2D eigenvalue weighted by molar-refractivity contribution is -0.133. The number of likely N-dealkylation sites (tertiary alicyclic amines) is 1. The van der Waals surface area contributed by atoms with Crippen molar-refractivity contribution in [3.8, 4) is 5.75 Å². The summed E-state index contributed by atoms with van der Waals surface area (Å²) < 4.78 is 5.25. The SMILES string of the molecule is CCCN(CC(=O)Nc1ccccc1OC)CC(=O)N1CCCCC1. The molecule has 0 saturated carbocycles. The minimum absolute atomic E-state index is 0.123. The summed E-state index contributed by atoms with van der Waals surface area (Å²) in [6.07, 6.45) is 4.25. The van der Waals surface area contributed by atoms with Gasteiger partial charge < -0.3 is 15.0 Å². The summed E-state index contributed by atoms with van der Waals surface area (Å²) in [5.74, 6) is 0.616. The molecule has 1 heterocycles. The number of rotatable bonds is 8. The van der Waals surface area contributed by atoms with Gasteiger partial charge in [0.2, 0.25) is 11.8 Å². The third-order valence-corrected chi connectivity index (χ3v) is 4.36. The zero-order valence-electron chi connectivity index (χ0n) is 15.3. The third-order valence-electron chi connectivity index (χ3n) is 4.36. The van der Waals surface area contributed by atoms with Gasteiger partial charge in [0.15, 0.2) is 0 Å². The number of ether oxygens (including phenoxy) is 1. The summed E-state index contributed by atoms with van der Waals surface area (Å²) >= 11 is 0. The molecule has 0 aromatic heterocycles. The monoisotopic (exact) mass is 347 g/mol. The van der Waals surface area contributed by atoms with Crippen LogP contribution < -0.4 is 10.1 Å². The summed E-state index contributed by atoms with van der Waals surface area (Å²) in [5.41, 5.74) is 0.647. The lowest BCUT2D eigenvalue weighted by atomic mass is 10.1. The number of anilines is 1. The van der Waals surface area contributed by atoms with E-state index in [1.54, 1.807) is 19.2 Å². The van der Waals surface area contributed by atoms with E-state index in [1.807, 2.05) is 21.9 Å². The van der Waals surface area contributed by atoms with Crippen LogP contribution in [0.5, 0.6) is 5.75 Å². The first-order valence-electron chi connectivity index (χ1n) is 9.07. The number of carbonyl (C=O) groups is 2. The number of nitrogens with one attached hydrogen (secondary N) is 1. The van der Waals surface area contributed by atoms with Crippen LogP contribution in [0.15, 0.2) is 24.3 Å². The van der Waals surface area contributed by atoms with Gasteiger partial charge in [0, 0.05) is 13.1 Å². The Balaban J connectivity index is 1.90. The van der Waals surface area contributed by atoms with Crippen molar-refractivity contribution in [2.75, 3.05) is 45.2 Å². The maximum Gasteiger partial charge on any atom is 0.238 e. The molecule has 1 aromatic carbocycles. The van der Waals surface area contributed by atoms with Gasteiger partial charge in [0.05, 0.1) is 25.9 Å². The second-order valence-corrected chi connectivity index (χ2v) is 6.40. The van der Waals surface area contributed by atoms with Crippen LogP contribution in [0, 0.1) is 0 Å². The summed E-state index contributed by atoms with van der Waals surface area (Å²) in [4.78, 5) is 28.7. The lowest BCUT2D eigenvalue weighted by Gasteiger charge is -2.29. The largest absolute Gasteiger partial charge is 0.495 e. The third kappa shape index (κ3) is 6.05. The molecule has 0 aliphatic carbocycles. The second-order valence-electron chi connectivity index (χ2n) is 6.40. The summed E-state index contributed by atoms with van der Waals surface area (Å²) in [6, 6.07) is 7.32. The molecular weight excluding hydrogens is 318 g/mol. The topological polar surface area (TPSA) is 61.9 Å². The van der Waals surface area contributed by atoms with Crippen molar-refractivity contribution in [3.05, 3.63) is 24.3 Å². The first-order chi connectivity index (χ1) is 12.1. The molecule has 0 spiro atoms. The molecule has 6 nitrogen and oxygen atoms in total. The lowest BCUT2D eigenvalue weighted by Crippen LogP contribution is -2.45. The summed E-state index contributed by atoms with van der Waals surface area (Å²) in [6.45, 7) is 4.95. The Bertz CT molecular complexity index is 571. The molecule has 0 atom stereocenters. The van der Waals surface area contributed by atoms with Gasteiger partial charge in [-0.3, -0.25) is 14.5 Å². The van der Waals surface area contributed by atoms with Crippen LogP contribution in [0.2, 0.25) is 0 Å². The number of hydrogen-bond donors (Lipinski definition) is 1. The van der Waals surface area contributed by atoms with Crippen LogP contribution in [0.4, 0.5) is 5.69 Å². The van der Waals surface area contributed by atoms with Crippen molar-refractivity contribution in [3.63, 3.8) is 0 Å². The average Bonchev–Trinajstić information content (AvgIpc) is 2.63. The van der Waals surface area contributed by atoms with Crippen molar-refractivity contribution in [1.82, 2.24) is 9.80 Å². The van der Waals surface area contributed by atoms with E-state index in [0.717, 1.165) is 38.9 Å². The highest BCUT2D eigenvalue weighted by atomic mass is 16.5. The van der Waals surface area contributed by atoms with Gasteiger partial charge in [-0.15, -0.1) is 0 Å². The van der Waals surface area contributed by atoms with Crippen molar-refractivity contribution < 1.29 is 14.3 Å². The molecule has 2 rings (SSSR count). The van der Waals surface area contributed by atoms with Crippen LogP contribution in [-0.2, 0) is 9.59 Å². The van der Waals surface area contributed by atoms with Gasteiger partial charge in [-0.2, -0.15) is 0 Å². The van der Waals surface area contributed by atoms with E-state index in [4.69, 9.17) is 4.74 Å². The molecule has 138 valence electrons. The van der Waals surface area contributed by atoms with Crippen molar-refractivity contribution >= 4 is 17.5 Å². The Hall–Kier alpha value is -2.08. The molecule has 1 aliphatic heterocycles. The fourth-order valence-electron chi connectivity index (χ4n) is 3.11. The molecular formula is C19H29N3O3. The standard InChI is InChI=1S/C19H29N3O3/c1-3-11-21(15-19(24)22-12-7-4-8-13-22)14-18(23)20-16-9-5-6-10-17(16)25-2/h5-6,9-10H,3-4,7-8,11-15H2,1-2H3,(H,20,23). The summed E-state index contributed by atoms with van der Waals surface area (Å²) in [7, 11) is 1.58. The smallest absolute Gasteiger partial charge is 0.238 e. The number of piperidine rings is 1. The molecule has 1 N–H and O–H groups in total. The first-order valence-corrected chi connectivity index (χ1v) is 9.07. The van der Waals surface area contributed by atoms with Crippen LogP contribution in [0.25, 0.3) is 0 Å². The molecule has 0 bridgehead atoms. The van der Waals surface area contributed by atoms with E-state index in [2.05, 4.69) is 12.2 Å². The zero-order chi connectivity index (χ0) is 18.1. The predicted molar refractivity (Wildman–Crippen MR) is 98.8 cm³/mol. The Labute approximate surface area is 150 Å². The average molecular weight is 347 g/mol. The number of para-hydroxylation sites is 2. The molecule has 1 fully saturated rings. The first kappa shape index (κ1) is 19.2. The number of carbonyl (C=O) groups excluding carboxylic acids is 2. The maximum atomic E-state index is 12.5. The van der Waals surface area contributed by atoms with Gasteiger partial charge in [0.25, 0.3) is 0 Å². The molecule has 2 amide bonds. The highest BCUT2D eigenvalue weighted by Crippen LogP contribution is 2.22. The summed E-state index contributed by atoms with van der Waals surface area (Å²) in [5, 5.41) is 2.87. The van der Waals surface area contributed by atoms with Crippen LogP contribution in [0.1, 0.15) is 32.6 Å². The number of methoxy groups -OCH3 is 1. The van der Waals surface area contributed by atoms with Crippen LogP contribution in [0.3, 0.4) is 0 Å². The Morgan fingerprint density at radius 2 is 1.88 bits per heavy atom. The molecule has 25 heavy (non-hydrogen) atoms. The van der Waals surface area contributed by atoms with Gasteiger partial charge in [0.1, 0.15) is 5.75 Å². The van der Waals surface area contributed by atoms with Crippen LogP contribution in [-0.4, -0.2) is 61.4 Å². The van der Waals surface area contributed by atoms with E-state index in [0.29, 0.717) is 18.0 Å². The van der Waals surface area contributed by atoms with E-state index in [-0.39, 0.29) is 18.4 Å². The Kier molecular flexibility index (Phi) is 7.73. The van der Waals surface area contributed by atoms with Crippen LogP contribution >= 0.6 is 0 Å². The minimum Gasteiger partial charge on any atom is -0.495 e. The molecule has 6 heteroatoms.